The van der Waals surface area contributed by atoms with Crippen molar-refractivity contribution >= 4 is 17.6 Å². The van der Waals surface area contributed by atoms with Crippen LogP contribution in [0.1, 0.15) is 29.9 Å². The summed E-state index contributed by atoms with van der Waals surface area (Å²) in [5.41, 5.74) is -3.62. The highest BCUT2D eigenvalue weighted by Gasteiger charge is 2.35. The normalized spacial score (nSPS) is 11.6. The van der Waals surface area contributed by atoms with Crippen LogP contribution in [0.3, 0.4) is 0 Å². The zero-order chi connectivity index (χ0) is 20.5. The maximum absolute atomic E-state index is 14.4. The SMILES string of the molecule is COc1nc(C(F)(F)F)cc(=O)n1-c1cc(C(=O)OC(C)C)c(Cl)cc1F. The van der Waals surface area contributed by atoms with Crippen LogP contribution in [0.15, 0.2) is 23.0 Å². The van der Waals surface area contributed by atoms with Crippen molar-refractivity contribution in [1.82, 2.24) is 9.55 Å². The average Bonchev–Trinajstić information content (AvgIpc) is 2.53. The summed E-state index contributed by atoms with van der Waals surface area (Å²) in [5.74, 6) is -1.98. The van der Waals surface area contributed by atoms with Crippen LogP contribution in [0.2, 0.25) is 5.02 Å². The lowest BCUT2D eigenvalue weighted by Crippen LogP contribution is -2.25. The van der Waals surface area contributed by atoms with Gasteiger partial charge < -0.3 is 9.47 Å². The first-order valence-corrected chi connectivity index (χ1v) is 7.79. The Hall–Kier alpha value is -2.62. The molecule has 0 amide bonds. The number of benzene rings is 1. The lowest BCUT2D eigenvalue weighted by molar-refractivity contribution is -0.141. The number of nitrogens with zero attached hydrogens (tertiary/aromatic N) is 2. The van der Waals surface area contributed by atoms with E-state index >= 15 is 0 Å². The quantitative estimate of drug-likeness (QED) is 0.571. The molecule has 0 saturated heterocycles. The fourth-order valence-electron chi connectivity index (χ4n) is 2.11. The van der Waals surface area contributed by atoms with E-state index in [0.717, 1.165) is 19.2 Å². The number of ether oxygens (including phenoxy) is 2. The summed E-state index contributed by atoms with van der Waals surface area (Å²) >= 11 is 5.84. The number of carbonyl (C=O) groups excluding carboxylic acids is 1. The molecule has 0 aliphatic carbocycles. The second-order valence-corrected chi connectivity index (χ2v) is 5.94. The third-order valence-corrected chi connectivity index (χ3v) is 3.51. The second-order valence-electron chi connectivity index (χ2n) is 5.54. The van der Waals surface area contributed by atoms with Gasteiger partial charge in [-0.25, -0.2) is 13.8 Å². The Morgan fingerprint density at radius 1 is 1.26 bits per heavy atom. The summed E-state index contributed by atoms with van der Waals surface area (Å²) < 4.78 is 63.0. The van der Waals surface area contributed by atoms with Gasteiger partial charge in [-0.3, -0.25) is 4.79 Å². The molecule has 0 atom stereocenters. The molecule has 0 bridgehead atoms. The molecule has 2 rings (SSSR count). The topological polar surface area (TPSA) is 70.4 Å². The highest BCUT2D eigenvalue weighted by Crippen LogP contribution is 2.30. The number of rotatable bonds is 4. The van der Waals surface area contributed by atoms with Gasteiger partial charge in [-0.15, -0.1) is 0 Å². The molecule has 0 saturated carbocycles. The molecule has 146 valence electrons. The molecule has 11 heteroatoms. The summed E-state index contributed by atoms with van der Waals surface area (Å²) in [7, 11) is 0.959. The summed E-state index contributed by atoms with van der Waals surface area (Å²) in [4.78, 5) is 27.5. The number of hydrogen-bond acceptors (Lipinski definition) is 5. The fraction of sp³-hybridized carbons (Fsp3) is 0.312. The Morgan fingerprint density at radius 3 is 2.41 bits per heavy atom. The molecule has 0 N–H and O–H groups in total. The number of halogens is 5. The molecule has 2 aromatic rings. The van der Waals surface area contributed by atoms with Crippen molar-refractivity contribution in [1.29, 1.82) is 0 Å². The Kier molecular flexibility index (Phi) is 5.79. The summed E-state index contributed by atoms with van der Waals surface area (Å²) in [6.07, 6.45) is -5.41. The molecule has 1 heterocycles. The van der Waals surface area contributed by atoms with Gasteiger partial charge in [0.25, 0.3) is 5.56 Å². The highest BCUT2D eigenvalue weighted by molar-refractivity contribution is 6.33. The van der Waals surface area contributed by atoms with Gasteiger partial charge in [-0.2, -0.15) is 18.2 Å². The molecule has 1 aromatic carbocycles. The number of carbonyl (C=O) groups is 1. The van der Waals surface area contributed by atoms with Gasteiger partial charge >= 0.3 is 18.2 Å². The first kappa shape index (κ1) is 20.7. The first-order chi connectivity index (χ1) is 12.5. The first-order valence-electron chi connectivity index (χ1n) is 7.41. The van der Waals surface area contributed by atoms with Crippen LogP contribution >= 0.6 is 11.6 Å². The van der Waals surface area contributed by atoms with Gasteiger partial charge in [-0.1, -0.05) is 11.6 Å². The molecule has 0 aliphatic heterocycles. The largest absolute Gasteiger partial charge is 0.468 e. The van der Waals surface area contributed by atoms with E-state index in [-0.39, 0.29) is 16.7 Å². The van der Waals surface area contributed by atoms with E-state index in [9.17, 15) is 27.2 Å². The van der Waals surface area contributed by atoms with Crippen molar-refractivity contribution in [3.63, 3.8) is 0 Å². The standard InChI is InChI=1S/C16H13ClF4N2O4/c1-7(2)27-14(25)8-4-11(10(18)5-9(8)17)23-13(24)6-12(16(19,20)21)22-15(23)26-3/h4-7H,1-3H3. The van der Waals surface area contributed by atoms with Crippen LogP contribution < -0.4 is 10.3 Å². The third-order valence-electron chi connectivity index (χ3n) is 3.20. The molecule has 0 spiro atoms. The maximum Gasteiger partial charge on any atom is 0.433 e. The van der Waals surface area contributed by atoms with Gasteiger partial charge in [-0.05, 0) is 26.0 Å². The highest BCUT2D eigenvalue weighted by atomic mass is 35.5. The molecule has 0 radical (unpaired) electrons. The minimum atomic E-state index is -4.91. The lowest BCUT2D eigenvalue weighted by atomic mass is 10.2. The van der Waals surface area contributed by atoms with E-state index in [2.05, 4.69) is 4.98 Å². The third kappa shape index (κ3) is 4.38. The van der Waals surface area contributed by atoms with Crippen molar-refractivity contribution in [2.45, 2.75) is 26.1 Å². The van der Waals surface area contributed by atoms with Crippen LogP contribution in [-0.2, 0) is 10.9 Å². The Bertz CT molecular complexity index is 941. The number of hydrogen-bond donors (Lipinski definition) is 0. The van der Waals surface area contributed by atoms with E-state index in [1.165, 1.54) is 0 Å². The number of alkyl halides is 3. The van der Waals surface area contributed by atoms with Gasteiger partial charge in [0, 0.05) is 6.07 Å². The molecule has 0 unspecified atom stereocenters. The van der Waals surface area contributed by atoms with Gasteiger partial charge in [0.1, 0.15) is 5.82 Å². The molecular formula is C16H13ClF4N2O4. The van der Waals surface area contributed by atoms with E-state index in [1.54, 1.807) is 13.8 Å². The molecule has 0 fully saturated rings. The molecule has 27 heavy (non-hydrogen) atoms. The number of methoxy groups -OCH3 is 1. The Labute approximate surface area is 155 Å². The number of aromatic nitrogens is 2. The Balaban J connectivity index is 2.71. The van der Waals surface area contributed by atoms with Crippen LogP contribution in [0.25, 0.3) is 5.69 Å². The van der Waals surface area contributed by atoms with Crippen molar-refractivity contribution in [2.75, 3.05) is 7.11 Å². The summed E-state index contributed by atoms with van der Waals surface area (Å²) in [6, 6.07) is 0.973. The lowest BCUT2D eigenvalue weighted by Gasteiger charge is -2.15. The molecular weight excluding hydrogens is 396 g/mol. The summed E-state index contributed by atoms with van der Waals surface area (Å²) in [6.45, 7) is 3.15. The smallest absolute Gasteiger partial charge is 0.433 e. The second kappa shape index (κ2) is 7.55. The van der Waals surface area contributed by atoms with E-state index in [0.29, 0.717) is 4.57 Å². The van der Waals surface area contributed by atoms with Gasteiger partial charge in [0.2, 0.25) is 0 Å². The predicted octanol–water partition coefficient (Wildman–Crippen LogP) is 3.62. The van der Waals surface area contributed by atoms with Gasteiger partial charge in [0.05, 0.1) is 29.5 Å². The number of esters is 1. The van der Waals surface area contributed by atoms with Crippen LogP contribution in [0.4, 0.5) is 17.6 Å². The van der Waals surface area contributed by atoms with E-state index in [4.69, 9.17) is 21.1 Å². The zero-order valence-electron chi connectivity index (χ0n) is 14.2. The monoisotopic (exact) mass is 408 g/mol. The van der Waals surface area contributed by atoms with Crippen molar-refractivity contribution in [3.05, 3.63) is 50.7 Å². The van der Waals surface area contributed by atoms with Crippen LogP contribution in [0, 0.1) is 5.82 Å². The predicted molar refractivity (Wildman–Crippen MR) is 86.9 cm³/mol. The Morgan fingerprint density at radius 2 is 1.89 bits per heavy atom. The fourth-order valence-corrected chi connectivity index (χ4v) is 2.34. The van der Waals surface area contributed by atoms with Gasteiger partial charge in [0.15, 0.2) is 5.69 Å². The van der Waals surface area contributed by atoms with E-state index < -0.39 is 47.0 Å². The van der Waals surface area contributed by atoms with E-state index in [1.807, 2.05) is 0 Å². The minimum Gasteiger partial charge on any atom is -0.468 e. The van der Waals surface area contributed by atoms with Crippen LogP contribution in [-0.4, -0.2) is 28.7 Å². The summed E-state index contributed by atoms with van der Waals surface area (Å²) in [5, 5.41) is -0.297. The minimum absolute atomic E-state index is 0.183. The zero-order valence-corrected chi connectivity index (χ0v) is 15.0. The van der Waals surface area contributed by atoms with Crippen LogP contribution in [0.5, 0.6) is 6.01 Å². The molecule has 1 aromatic heterocycles. The average molecular weight is 409 g/mol. The van der Waals surface area contributed by atoms with Crippen molar-refractivity contribution in [2.24, 2.45) is 0 Å². The maximum atomic E-state index is 14.4. The molecule has 6 nitrogen and oxygen atoms in total. The van der Waals surface area contributed by atoms with Crippen molar-refractivity contribution in [3.8, 4) is 11.7 Å². The molecule has 0 aliphatic rings. The van der Waals surface area contributed by atoms with Crippen molar-refractivity contribution < 1.29 is 31.8 Å².